The lowest BCUT2D eigenvalue weighted by Gasteiger charge is -2.16. The molecule has 0 aliphatic rings. The van der Waals surface area contributed by atoms with Crippen LogP contribution in [0, 0.1) is 0 Å². The van der Waals surface area contributed by atoms with Crippen LogP contribution in [0.3, 0.4) is 0 Å². The van der Waals surface area contributed by atoms with Gasteiger partial charge in [-0.15, -0.1) is 12.4 Å². The predicted octanol–water partition coefficient (Wildman–Crippen LogP) is 2.27. The number of sulfone groups is 1. The molecule has 98 valence electrons. The molecular weight excluding hydrogens is 258 g/mol. The van der Waals surface area contributed by atoms with Crippen molar-refractivity contribution in [1.82, 2.24) is 5.32 Å². The smallest absolute Gasteiger partial charge is 0.179 e. The topological polar surface area (TPSA) is 46.2 Å². The Morgan fingerprint density at radius 2 is 1.65 bits per heavy atom. The third kappa shape index (κ3) is 5.52. The summed E-state index contributed by atoms with van der Waals surface area (Å²) in [5, 5.41) is 3.19. The molecule has 3 nitrogen and oxygen atoms in total. The van der Waals surface area contributed by atoms with E-state index in [1.54, 1.807) is 24.3 Å². The number of hydrogen-bond donors (Lipinski definition) is 1. The van der Waals surface area contributed by atoms with Crippen LogP contribution in [-0.4, -0.2) is 26.3 Å². The Bertz CT molecular complexity index is 417. The van der Waals surface area contributed by atoms with E-state index in [4.69, 9.17) is 0 Å². The molecule has 0 fully saturated rings. The maximum atomic E-state index is 12.0. The van der Waals surface area contributed by atoms with Crippen LogP contribution in [0.5, 0.6) is 0 Å². The molecule has 0 saturated heterocycles. The van der Waals surface area contributed by atoms with Gasteiger partial charge < -0.3 is 5.32 Å². The monoisotopic (exact) mass is 277 g/mol. The summed E-state index contributed by atoms with van der Waals surface area (Å²) in [4.78, 5) is 0.396. The maximum absolute atomic E-state index is 12.0. The molecule has 1 atom stereocenters. The minimum Gasteiger partial charge on any atom is -0.311 e. The Kier molecular flexibility index (Phi) is 6.75. The first-order valence-electron chi connectivity index (χ1n) is 5.45. The Morgan fingerprint density at radius 1 is 1.12 bits per heavy atom. The fourth-order valence-corrected chi connectivity index (χ4v) is 3.19. The predicted molar refractivity (Wildman–Crippen MR) is 73.5 cm³/mol. The Morgan fingerprint density at radius 3 is 2.12 bits per heavy atom. The van der Waals surface area contributed by atoms with E-state index >= 15 is 0 Å². The molecule has 0 heterocycles. The molecule has 1 unspecified atom stereocenters. The van der Waals surface area contributed by atoms with Crippen molar-refractivity contribution in [3.8, 4) is 0 Å². The second kappa shape index (κ2) is 6.99. The molecule has 1 aromatic carbocycles. The SMILES string of the molecule is CC(C)NC(C)CS(=O)(=O)c1ccccc1.Cl. The molecule has 0 spiro atoms. The van der Waals surface area contributed by atoms with Crippen molar-refractivity contribution >= 4 is 22.2 Å². The quantitative estimate of drug-likeness (QED) is 0.898. The van der Waals surface area contributed by atoms with E-state index in [9.17, 15) is 8.42 Å². The zero-order valence-corrected chi connectivity index (χ0v) is 12.0. The third-order valence-corrected chi connectivity index (χ3v) is 4.12. The minimum absolute atomic E-state index is 0. The summed E-state index contributed by atoms with van der Waals surface area (Å²) in [6, 6.07) is 8.83. The van der Waals surface area contributed by atoms with E-state index in [1.165, 1.54) is 0 Å². The van der Waals surface area contributed by atoms with Crippen molar-refractivity contribution in [1.29, 1.82) is 0 Å². The van der Waals surface area contributed by atoms with Crippen molar-refractivity contribution in [3.05, 3.63) is 30.3 Å². The van der Waals surface area contributed by atoms with Gasteiger partial charge in [-0.1, -0.05) is 32.0 Å². The highest BCUT2D eigenvalue weighted by Crippen LogP contribution is 2.11. The summed E-state index contributed by atoms with van der Waals surface area (Å²) in [5.74, 6) is 0.134. The first kappa shape index (κ1) is 16.4. The molecule has 0 radical (unpaired) electrons. The highest BCUT2D eigenvalue weighted by Gasteiger charge is 2.18. The largest absolute Gasteiger partial charge is 0.311 e. The molecule has 1 aromatic rings. The first-order chi connectivity index (χ1) is 7.42. The summed E-state index contributed by atoms with van der Waals surface area (Å²) >= 11 is 0. The van der Waals surface area contributed by atoms with Crippen molar-refractivity contribution in [2.24, 2.45) is 0 Å². The van der Waals surface area contributed by atoms with E-state index in [1.807, 2.05) is 26.8 Å². The fourth-order valence-electron chi connectivity index (χ4n) is 1.67. The second-order valence-electron chi connectivity index (χ2n) is 4.32. The molecule has 0 aliphatic heterocycles. The number of benzene rings is 1. The average molecular weight is 278 g/mol. The van der Waals surface area contributed by atoms with Crippen molar-refractivity contribution in [2.75, 3.05) is 5.75 Å². The fraction of sp³-hybridized carbons (Fsp3) is 0.500. The zero-order chi connectivity index (χ0) is 12.2. The zero-order valence-electron chi connectivity index (χ0n) is 10.4. The van der Waals surface area contributed by atoms with Crippen LogP contribution < -0.4 is 5.32 Å². The van der Waals surface area contributed by atoms with Crippen LogP contribution in [0.1, 0.15) is 20.8 Å². The van der Waals surface area contributed by atoms with E-state index in [0.717, 1.165) is 0 Å². The minimum atomic E-state index is -3.17. The lowest BCUT2D eigenvalue weighted by molar-refractivity contribution is 0.510. The lowest BCUT2D eigenvalue weighted by Crippen LogP contribution is -2.37. The second-order valence-corrected chi connectivity index (χ2v) is 6.35. The standard InChI is InChI=1S/C12H19NO2S.ClH/c1-10(2)13-11(3)9-16(14,15)12-7-5-4-6-8-12;/h4-8,10-11,13H,9H2,1-3H3;1H. The molecule has 0 aromatic heterocycles. The summed E-state index contributed by atoms with van der Waals surface area (Å²) in [5.41, 5.74) is 0. The van der Waals surface area contributed by atoms with Crippen LogP contribution in [0.25, 0.3) is 0 Å². The first-order valence-corrected chi connectivity index (χ1v) is 7.11. The van der Waals surface area contributed by atoms with Crippen LogP contribution in [0.2, 0.25) is 0 Å². The van der Waals surface area contributed by atoms with Crippen molar-refractivity contribution < 1.29 is 8.42 Å². The van der Waals surface area contributed by atoms with Gasteiger partial charge >= 0.3 is 0 Å². The normalized spacial score (nSPS) is 13.2. The molecule has 17 heavy (non-hydrogen) atoms. The third-order valence-electron chi connectivity index (χ3n) is 2.19. The molecule has 5 heteroatoms. The van der Waals surface area contributed by atoms with Gasteiger partial charge in [0.1, 0.15) is 0 Å². The number of rotatable bonds is 5. The van der Waals surface area contributed by atoms with E-state index in [-0.39, 0.29) is 24.2 Å². The molecule has 0 amide bonds. The Balaban J connectivity index is 0.00000256. The van der Waals surface area contributed by atoms with Gasteiger partial charge in [0.25, 0.3) is 0 Å². The van der Waals surface area contributed by atoms with Gasteiger partial charge in [-0.05, 0) is 19.1 Å². The summed E-state index contributed by atoms with van der Waals surface area (Å²) in [7, 11) is -3.17. The van der Waals surface area contributed by atoms with Gasteiger partial charge in [-0.25, -0.2) is 8.42 Å². The van der Waals surface area contributed by atoms with Gasteiger partial charge in [0.05, 0.1) is 10.6 Å². The summed E-state index contributed by atoms with van der Waals surface area (Å²) in [6.07, 6.45) is 0. The highest BCUT2D eigenvalue weighted by molar-refractivity contribution is 7.91. The number of halogens is 1. The summed E-state index contributed by atoms with van der Waals surface area (Å²) in [6.45, 7) is 5.90. The van der Waals surface area contributed by atoms with Gasteiger partial charge in [-0.2, -0.15) is 0 Å². The van der Waals surface area contributed by atoms with Crippen LogP contribution in [0.4, 0.5) is 0 Å². The van der Waals surface area contributed by atoms with Crippen LogP contribution >= 0.6 is 12.4 Å². The Hall–Kier alpha value is -0.580. The highest BCUT2D eigenvalue weighted by atomic mass is 35.5. The lowest BCUT2D eigenvalue weighted by atomic mass is 10.3. The summed E-state index contributed by atoms with van der Waals surface area (Å²) < 4.78 is 24.0. The molecular formula is C12H20ClNO2S. The van der Waals surface area contributed by atoms with Crippen LogP contribution in [-0.2, 0) is 9.84 Å². The van der Waals surface area contributed by atoms with Gasteiger partial charge in [-0.3, -0.25) is 0 Å². The van der Waals surface area contributed by atoms with Gasteiger partial charge in [0.2, 0.25) is 0 Å². The molecule has 0 saturated carbocycles. The molecule has 1 rings (SSSR count). The average Bonchev–Trinajstić information content (AvgIpc) is 2.16. The van der Waals surface area contributed by atoms with Crippen LogP contribution in [0.15, 0.2) is 35.2 Å². The van der Waals surface area contributed by atoms with Gasteiger partial charge in [0, 0.05) is 12.1 Å². The van der Waals surface area contributed by atoms with Gasteiger partial charge in [0.15, 0.2) is 9.84 Å². The molecule has 1 N–H and O–H groups in total. The van der Waals surface area contributed by atoms with E-state index in [2.05, 4.69) is 5.32 Å². The molecule has 0 bridgehead atoms. The van der Waals surface area contributed by atoms with E-state index < -0.39 is 9.84 Å². The van der Waals surface area contributed by atoms with Crippen molar-refractivity contribution in [3.63, 3.8) is 0 Å². The van der Waals surface area contributed by atoms with Crippen molar-refractivity contribution in [2.45, 2.75) is 37.8 Å². The number of nitrogens with one attached hydrogen (secondary N) is 1. The number of hydrogen-bond acceptors (Lipinski definition) is 3. The maximum Gasteiger partial charge on any atom is 0.179 e. The molecule has 0 aliphatic carbocycles. The Labute approximate surface area is 110 Å². The van der Waals surface area contributed by atoms with E-state index in [0.29, 0.717) is 10.9 Å².